The molecule has 3 aromatic rings. The first-order valence-corrected chi connectivity index (χ1v) is 6.94. The van der Waals surface area contributed by atoms with E-state index in [4.69, 9.17) is 5.11 Å². The van der Waals surface area contributed by atoms with Gasteiger partial charge in [-0.15, -0.1) is 0 Å². The van der Waals surface area contributed by atoms with Crippen LogP contribution in [0.3, 0.4) is 0 Å². The van der Waals surface area contributed by atoms with Gasteiger partial charge < -0.3 is 10.4 Å². The average molecular weight is 347 g/mol. The van der Waals surface area contributed by atoms with E-state index in [0.29, 0.717) is 5.52 Å². The summed E-state index contributed by atoms with van der Waals surface area (Å²) >= 11 is 3.42. The van der Waals surface area contributed by atoms with E-state index in [9.17, 15) is 4.79 Å². The van der Waals surface area contributed by atoms with E-state index in [1.165, 1.54) is 6.20 Å². The summed E-state index contributed by atoms with van der Waals surface area (Å²) in [5.41, 5.74) is 3.33. The molecule has 0 aliphatic rings. The van der Waals surface area contributed by atoms with Gasteiger partial charge in [-0.1, -0.05) is 0 Å². The Morgan fingerprint density at radius 2 is 2.14 bits per heavy atom. The van der Waals surface area contributed by atoms with Gasteiger partial charge in [-0.05, 0) is 40.2 Å². The molecule has 0 spiro atoms. The molecule has 0 radical (unpaired) electrons. The number of aromatic carboxylic acids is 1. The van der Waals surface area contributed by atoms with Crippen LogP contribution in [0.25, 0.3) is 16.9 Å². The number of fused-ring (bicyclic) bond motifs is 1. The molecule has 2 N–H and O–H groups in total. The summed E-state index contributed by atoms with van der Waals surface area (Å²) in [6.07, 6.45) is 3.04. The minimum absolute atomic E-state index is 0.159. The lowest BCUT2D eigenvalue weighted by Crippen LogP contribution is -2.02. The molecular weight excluding hydrogens is 336 g/mol. The summed E-state index contributed by atoms with van der Waals surface area (Å²) in [5.74, 6) is -0.994. The molecule has 0 aliphatic carbocycles. The van der Waals surface area contributed by atoms with E-state index in [0.717, 1.165) is 21.5 Å². The van der Waals surface area contributed by atoms with Gasteiger partial charge in [-0.25, -0.2) is 9.31 Å². The summed E-state index contributed by atoms with van der Waals surface area (Å²) in [7, 11) is 1.83. The number of carbonyl (C=O) groups is 1. The first kappa shape index (κ1) is 13.6. The van der Waals surface area contributed by atoms with E-state index in [1.807, 2.05) is 25.2 Å². The van der Waals surface area contributed by atoms with Gasteiger partial charge >= 0.3 is 5.97 Å². The Hall–Kier alpha value is -2.41. The molecule has 0 aromatic carbocycles. The van der Waals surface area contributed by atoms with Crippen molar-refractivity contribution in [3.63, 3.8) is 0 Å². The number of nitrogens with zero attached hydrogens (tertiary/aromatic N) is 3. The van der Waals surface area contributed by atoms with Crippen LogP contribution >= 0.6 is 15.9 Å². The maximum atomic E-state index is 11.0. The molecule has 3 aromatic heterocycles. The first-order chi connectivity index (χ1) is 10.1. The Balaban J connectivity index is 2.15. The minimum atomic E-state index is -0.994. The highest BCUT2D eigenvalue weighted by atomic mass is 79.9. The van der Waals surface area contributed by atoms with Gasteiger partial charge in [-0.2, -0.15) is 5.10 Å². The smallest absolute Gasteiger partial charge is 0.337 e. The van der Waals surface area contributed by atoms with Gasteiger partial charge in [0.05, 0.1) is 38.8 Å². The number of aromatic nitrogens is 3. The molecule has 106 valence electrons. The van der Waals surface area contributed by atoms with Crippen LogP contribution in [-0.4, -0.2) is 32.7 Å². The van der Waals surface area contributed by atoms with Crippen LogP contribution in [0.15, 0.2) is 41.1 Å². The van der Waals surface area contributed by atoms with Gasteiger partial charge in [0.15, 0.2) is 0 Å². The number of carboxylic acids is 1. The molecule has 0 saturated heterocycles. The number of halogens is 1. The second-order valence-electron chi connectivity index (χ2n) is 4.40. The van der Waals surface area contributed by atoms with Crippen LogP contribution < -0.4 is 5.32 Å². The zero-order valence-electron chi connectivity index (χ0n) is 11.0. The van der Waals surface area contributed by atoms with Crippen molar-refractivity contribution >= 4 is 33.1 Å². The molecule has 3 rings (SSSR count). The average Bonchev–Trinajstić information content (AvgIpc) is 2.90. The number of rotatable bonds is 3. The highest BCUT2D eigenvalue weighted by Gasteiger charge is 2.11. The third kappa shape index (κ3) is 2.36. The summed E-state index contributed by atoms with van der Waals surface area (Å²) in [6, 6.07) is 7.16. The Bertz CT molecular complexity index is 844. The second kappa shape index (κ2) is 5.17. The van der Waals surface area contributed by atoms with Gasteiger partial charge in [0.25, 0.3) is 0 Å². The second-order valence-corrected chi connectivity index (χ2v) is 5.26. The topological polar surface area (TPSA) is 79.5 Å². The maximum Gasteiger partial charge on any atom is 0.337 e. The predicted octanol–water partition coefficient (Wildman–Crippen LogP) is 2.90. The van der Waals surface area contributed by atoms with Crippen LogP contribution in [0.5, 0.6) is 0 Å². The number of carboxylic acid groups (broad SMARTS) is 1. The van der Waals surface area contributed by atoms with Gasteiger partial charge in [0.1, 0.15) is 0 Å². The van der Waals surface area contributed by atoms with Crippen LogP contribution in [0, 0.1) is 0 Å². The number of hydrogen-bond acceptors (Lipinski definition) is 4. The zero-order chi connectivity index (χ0) is 15.0. The highest BCUT2D eigenvalue weighted by Crippen LogP contribution is 2.27. The summed E-state index contributed by atoms with van der Waals surface area (Å²) in [4.78, 5) is 15.3. The Labute approximate surface area is 128 Å². The van der Waals surface area contributed by atoms with Crippen LogP contribution in [0.4, 0.5) is 5.69 Å². The van der Waals surface area contributed by atoms with E-state index in [-0.39, 0.29) is 5.56 Å². The van der Waals surface area contributed by atoms with E-state index >= 15 is 0 Å². The quantitative estimate of drug-likeness (QED) is 0.762. The Morgan fingerprint density at radius 3 is 2.86 bits per heavy atom. The van der Waals surface area contributed by atoms with Crippen LogP contribution in [0.2, 0.25) is 0 Å². The molecular formula is C14H11BrN4O2. The highest BCUT2D eigenvalue weighted by molar-refractivity contribution is 9.10. The number of hydrogen-bond donors (Lipinski definition) is 2. The van der Waals surface area contributed by atoms with Crippen molar-refractivity contribution in [3.05, 3.63) is 46.7 Å². The lowest BCUT2D eigenvalue weighted by Gasteiger charge is -2.07. The molecule has 21 heavy (non-hydrogen) atoms. The number of nitrogens with one attached hydrogen (secondary N) is 1. The minimum Gasteiger partial charge on any atom is -0.478 e. The van der Waals surface area contributed by atoms with Gasteiger partial charge in [-0.3, -0.25) is 4.98 Å². The molecule has 0 bridgehead atoms. The van der Waals surface area contributed by atoms with Crippen molar-refractivity contribution in [1.82, 2.24) is 14.6 Å². The van der Waals surface area contributed by atoms with E-state index in [1.54, 1.807) is 16.8 Å². The Morgan fingerprint density at radius 1 is 1.33 bits per heavy atom. The third-order valence-electron chi connectivity index (χ3n) is 3.13. The van der Waals surface area contributed by atoms with Crippen molar-refractivity contribution in [2.24, 2.45) is 0 Å². The molecule has 0 amide bonds. The molecule has 0 fully saturated rings. The van der Waals surface area contributed by atoms with E-state index in [2.05, 4.69) is 31.3 Å². The lowest BCUT2D eigenvalue weighted by atomic mass is 10.2. The molecule has 0 atom stereocenters. The van der Waals surface area contributed by atoms with Crippen LogP contribution in [0.1, 0.15) is 10.4 Å². The Kier molecular flexibility index (Phi) is 3.34. The predicted molar refractivity (Wildman–Crippen MR) is 82.6 cm³/mol. The molecule has 0 aliphatic heterocycles. The zero-order valence-corrected chi connectivity index (χ0v) is 12.6. The fourth-order valence-corrected chi connectivity index (χ4v) is 2.50. The normalized spacial score (nSPS) is 10.8. The van der Waals surface area contributed by atoms with Crippen molar-refractivity contribution < 1.29 is 9.90 Å². The van der Waals surface area contributed by atoms with Crippen molar-refractivity contribution in [1.29, 1.82) is 0 Å². The van der Waals surface area contributed by atoms with Crippen molar-refractivity contribution in [3.8, 4) is 11.4 Å². The molecule has 0 unspecified atom stereocenters. The SMILES string of the molecule is CNc1cc(-c2ccc3cc(C(=O)O)cnn23)ncc1Br. The van der Waals surface area contributed by atoms with Gasteiger partial charge in [0, 0.05) is 13.2 Å². The van der Waals surface area contributed by atoms with Crippen molar-refractivity contribution in [2.45, 2.75) is 0 Å². The molecule has 3 heterocycles. The van der Waals surface area contributed by atoms with E-state index < -0.39 is 5.97 Å². The molecule has 7 heteroatoms. The number of anilines is 1. The summed E-state index contributed by atoms with van der Waals surface area (Å²) in [6.45, 7) is 0. The summed E-state index contributed by atoms with van der Waals surface area (Å²) in [5, 5.41) is 16.2. The monoisotopic (exact) mass is 346 g/mol. The first-order valence-electron chi connectivity index (χ1n) is 6.15. The van der Waals surface area contributed by atoms with Crippen molar-refractivity contribution in [2.75, 3.05) is 12.4 Å². The summed E-state index contributed by atoms with van der Waals surface area (Å²) < 4.78 is 2.54. The fourth-order valence-electron chi connectivity index (χ4n) is 2.08. The standard InChI is InChI=1S/C14H11BrN4O2/c1-16-11-5-12(17-7-10(11)15)13-3-2-9-4-8(14(20)21)6-18-19(9)13/h2-7H,1H3,(H,16,17)(H,20,21). The number of pyridine rings is 1. The molecule has 0 saturated carbocycles. The largest absolute Gasteiger partial charge is 0.478 e. The van der Waals surface area contributed by atoms with Crippen LogP contribution in [-0.2, 0) is 0 Å². The third-order valence-corrected chi connectivity index (χ3v) is 3.77. The lowest BCUT2D eigenvalue weighted by molar-refractivity contribution is 0.0696. The van der Waals surface area contributed by atoms with Gasteiger partial charge in [0.2, 0.25) is 0 Å². The fraction of sp³-hybridized carbons (Fsp3) is 0.0714. The molecule has 6 nitrogen and oxygen atoms in total. The maximum absolute atomic E-state index is 11.0.